The fourth-order valence-electron chi connectivity index (χ4n) is 5.59. The zero-order chi connectivity index (χ0) is 28.4. The van der Waals surface area contributed by atoms with E-state index in [4.69, 9.17) is 9.31 Å². The van der Waals surface area contributed by atoms with Crippen LogP contribution in [0.1, 0.15) is 74.9 Å². The summed E-state index contributed by atoms with van der Waals surface area (Å²) in [6, 6.07) is 16.7. The molecule has 7 nitrogen and oxygen atoms in total. The third-order valence-corrected chi connectivity index (χ3v) is 8.73. The van der Waals surface area contributed by atoms with Crippen LogP contribution >= 0.6 is 0 Å². The van der Waals surface area contributed by atoms with Gasteiger partial charge in [0.15, 0.2) is 5.65 Å². The molecule has 0 saturated carbocycles. The van der Waals surface area contributed by atoms with Crippen LogP contribution in [0.15, 0.2) is 54.6 Å². The van der Waals surface area contributed by atoms with Gasteiger partial charge in [0.05, 0.1) is 22.9 Å². The topological polar surface area (TPSA) is 69.0 Å². The largest absolute Gasteiger partial charge is 0.494 e. The van der Waals surface area contributed by atoms with Crippen LogP contribution in [0, 0.1) is 5.82 Å². The first-order valence-electron chi connectivity index (χ1n) is 13.9. The number of fused-ring (bicyclic) bond motifs is 2. The maximum absolute atomic E-state index is 15.5. The Morgan fingerprint density at radius 2 is 1.80 bits per heavy atom. The van der Waals surface area contributed by atoms with Crippen molar-refractivity contribution in [2.24, 2.45) is 0 Å². The first-order chi connectivity index (χ1) is 19.0. The average Bonchev–Trinajstić information content (AvgIpc) is 3.44. The lowest BCUT2D eigenvalue weighted by molar-refractivity contribution is 0.00578. The minimum Gasteiger partial charge on any atom is -0.399 e. The van der Waals surface area contributed by atoms with Gasteiger partial charge in [-0.15, -0.1) is 0 Å². The number of carbonyl (C=O) groups is 1. The highest BCUT2D eigenvalue weighted by Gasteiger charge is 2.51. The quantitative estimate of drug-likeness (QED) is 0.335. The molecule has 1 saturated heterocycles. The summed E-state index contributed by atoms with van der Waals surface area (Å²) in [5.74, 6) is -0.536. The molecule has 4 heterocycles. The molecule has 2 aliphatic rings. The molecule has 0 unspecified atom stereocenters. The monoisotopic (exact) mass is 540 g/mol. The Hall–Kier alpha value is -3.56. The third kappa shape index (κ3) is 4.32. The van der Waals surface area contributed by atoms with Gasteiger partial charge in [0.1, 0.15) is 11.5 Å². The number of rotatable bonds is 4. The van der Waals surface area contributed by atoms with E-state index in [0.29, 0.717) is 41.0 Å². The molecule has 0 N–H and O–H groups in total. The number of aryl methyl sites for hydroxylation is 1. The molecule has 206 valence electrons. The summed E-state index contributed by atoms with van der Waals surface area (Å²) in [6.45, 7) is 12.6. The highest BCUT2D eigenvalue weighted by atomic mass is 19.1. The Bertz CT molecular complexity index is 1620. The maximum Gasteiger partial charge on any atom is 0.494 e. The number of hydrogen-bond donors (Lipinski definition) is 0. The second kappa shape index (κ2) is 9.53. The van der Waals surface area contributed by atoms with Crippen LogP contribution in [0.3, 0.4) is 0 Å². The minimum absolute atomic E-state index is 0.0439. The first kappa shape index (κ1) is 26.7. The molecule has 2 aromatic carbocycles. The van der Waals surface area contributed by atoms with E-state index < -0.39 is 24.1 Å². The normalized spacial score (nSPS) is 19.7. The van der Waals surface area contributed by atoms with Crippen molar-refractivity contribution >= 4 is 24.1 Å². The van der Waals surface area contributed by atoms with E-state index in [9.17, 15) is 4.79 Å². The summed E-state index contributed by atoms with van der Waals surface area (Å²) in [5.41, 5.74) is 4.55. The number of halogens is 1. The van der Waals surface area contributed by atoms with Crippen molar-refractivity contribution < 1.29 is 18.5 Å². The fraction of sp³-hybridized carbons (Fsp3) is 0.387. The minimum atomic E-state index is -0.652. The van der Waals surface area contributed by atoms with Gasteiger partial charge in [-0.2, -0.15) is 5.10 Å². The predicted octanol–water partition coefficient (Wildman–Crippen LogP) is 5.16. The third-order valence-electron chi connectivity index (χ3n) is 8.73. The van der Waals surface area contributed by atoms with Crippen LogP contribution in [-0.4, -0.2) is 50.3 Å². The van der Waals surface area contributed by atoms with Gasteiger partial charge in [0, 0.05) is 23.9 Å². The Morgan fingerprint density at radius 3 is 2.50 bits per heavy atom. The standard InChI is InChI=1S/C31H34BFN4O3/c1-7-22-17-27(29(38)36-15-14-20-10-8-9-11-23(20)19(36)2)34-28-18-26(35-37(22)28)24-13-12-21(16-25(24)33)32-39-30(3,4)31(5,6)40-32/h8-13,16-19H,7,14-15H2,1-6H3/t19-/m1/s1. The lowest BCUT2D eigenvalue weighted by atomic mass is 9.78. The fourth-order valence-corrected chi connectivity index (χ4v) is 5.59. The predicted molar refractivity (Wildman–Crippen MR) is 153 cm³/mol. The number of amides is 1. The van der Waals surface area contributed by atoms with Crippen molar-refractivity contribution in [3.63, 3.8) is 0 Å². The Morgan fingerprint density at radius 1 is 1.07 bits per heavy atom. The molecule has 4 aromatic rings. The van der Waals surface area contributed by atoms with Crippen LogP contribution < -0.4 is 5.46 Å². The molecule has 6 rings (SSSR count). The first-order valence-corrected chi connectivity index (χ1v) is 13.9. The molecule has 1 atom stereocenters. The average molecular weight is 540 g/mol. The van der Waals surface area contributed by atoms with E-state index in [1.54, 1.807) is 22.7 Å². The van der Waals surface area contributed by atoms with Crippen LogP contribution in [0.4, 0.5) is 4.39 Å². The zero-order valence-electron chi connectivity index (χ0n) is 23.9. The molecule has 0 bridgehead atoms. The summed E-state index contributed by atoms with van der Waals surface area (Å²) in [4.78, 5) is 20.2. The smallest absolute Gasteiger partial charge is 0.399 e. The number of aromatic nitrogens is 3. The van der Waals surface area contributed by atoms with Gasteiger partial charge in [0.25, 0.3) is 5.91 Å². The zero-order valence-corrected chi connectivity index (χ0v) is 23.9. The molecule has 2 aromatic heterocycles. The SMILES string of the molecule is CCc1cc(C(=O)N2CCc3ccccc3[C@H]2C)nc2cc(-c3ccc(B4OC(C)(C)C(C)(C)O4)cc3F)nn12. The molecule has 1 amide bonds. The number of hydrogen-bond acceptors (Lipinski definition) is 5. The number of carbonyl (C=O) groups excluding carboxylic acids is 1. The van der Waals surface area contributed by atoms with Gasteiger partial charge in [-0.3, -0.25) is 4.79 Å². The summed E-state index contributed by atoms with van der Waals surface area (Å²) in [7, 11) is -0.652. The molecular formula is C31H34BFN4O3. The molecule has 2 aliphatic heterocycles. The molecule has 0 aliphatic carbocycles. The second-order valence-corrected chi connectivity index (χ2v) is 11.7. The van der Waals surface area contributed by atoms with E-state index in [0.717, 1.165) is 12.1 Å². The van der Waals surface area contributed by atoms with E-state index >= 15 is 4.39 Å². The Kier molecular flexibility index (Phi) is 6.35. The highest BCUT2D eigenvalue weighted by Crippen LogP contribution is 2.37. The summed E-state index contributed by atoms with van der Waals surface area (Å²) in [5, 5.41) is 4.67. The van der Waals surface area contributed by atoms with Crippen molar-refractivity contribution in [1.29, 1.82) is 0 Å². The Balaban J connectivity index is 1.31. The van der Waals surface area contributed by atoms with Gasteiger partial charge >= 0.3 is 7.12 Å². The maximum atomic E-state index is 15.5. The van der Waals surface area contributed by atoms with E-state index in [-0.39, 0.29) is 11.9 Å². The van der Waals surface area contributed by atoms with Gasteiger partial charge in [-0.1, -0.05) is 43.3 Å². The summed E-state index contributed by atoms with van der Waals surface area (Å²) < 4.78 is 29.3. The number of nitrogens with zero attached hydrogens (tertiary/aromatic N) is 4. The highest BCUT2D eigenvalue weighted by molar-refractivity contribution is 6.62. The van der Waals surface area contributed by atoms with Crippen LogP contribution in [-0.2, 0) is 22.2 Å². The molecule has 9 heteroatoms. The molecule has 0 spiro atoms. The van der Waals surface area contributed by atoms with E-state index in [2.05, 4.69) is 29.1 Å². The van der Waals surface area contributed by atoms with Crippen LogP contribution in [0.2, 0.25) is 0 Å². The lowest BCUT2D eigenvalue weighted by Gasteiger charge is -2.35. The molecule has 40 heavy (non-hydrogen) atoms. The van der Waals surface area contributed by atoms with Crippen LogP contribution in [0.5, 0.6) is 0 Å². The second-order valence-electron chi connectivity index (χ2n) is 11.7. The summed E-state index contributed by atoms with van der Waals surface area (Å²) >= 11 is 0. The lowest BCUT2D eigenvalue weighted by Crippen LogP contribution is -2.41. The molecule has 1 fully saturated rings. The number of benzene rings is 2. The van der Waals surface area contributed by atoms with Crippen LogP contribution in [0.25, 0.3) is 16.9 Å². The van der Waals surface area contributed by atoms with Gasteiger partial charge in [-0.25, -0.2) is 13.9 Å². The van der Waals surface area contributed by atoms with Gasteiger partial charge in [0.2, 0.25) is 0 Å². The Labute approximate surface area is 234 Å². The van der Waals surface area contributed by atoms with E-state index in [1.165, 1.54) is 17.2 Å². The summed E-state index contributed by atoms with van der Waals surface area (Å²) in [6.07, 6.45) is 1.45. The molecule has 0 radical (unpaired) electrons. The van der Waals surface area contributed by atoms with Gasteiger partial charge < -0.3 is 14.2 Å². The van der Waals surface area contributed by atoms with Crippen molar-refractivity contribution in [3.8, 4) is 11.3 Å². The van der Waals surface area contributed by atoms with E-state index in [1.807, 2.05) is 57.7 Å². The van der Waals surface area contributed by atoms with Crippen molar-refractivity contribution in [2.75, 3.05) is 6.54 Å². The van der Waals surface area contributed by atoms with Crippen molar-refractivity contribution in [2.45, 2.75) is 71.6 Å². The van der Waals surface area contributed by atoms with Gasteiger partial charge in [-0.05, 0) is 76.2 Å². The molecular weight excluding hydrogens is 506 g/mol. The van der Waals surface area contributed by atoms with Crippen molar-refractivity contribution in [1.82, 2.24) is 19.5 Å². The van der Waals surface area contributed by atoms with Crippen molar-refractivity contribution in [3.05, 3.63) is 82.9 Å².